The van der Waals surface area contributed by atoms with E-state index >= 15 is 0 Å². The van der Waals surface area contributed by atoms with E-state index in [-0.39, 0.29) is 12.1 Å². The number of hydrogen-bond acceptors (Lipinski definition) is 3. The third-order valence-electron chi connectivity index (χ3n) is 4.35. The summed E-state index contributed by atoms with van der Waals surface area (Å²) in [7, 11) is 1.85. The maximum Gasteiger partial charge on any atom is 0.410 e. The van der Waals surface area contributed by atoms with Gasteiger partial charge in [-0.1, -0.05) is 0 Å². The van der Waals surface area contributed by atoms with Gasteiger partial charge in [-0.15, -0.1) is 0 Å². The van der Waals surface area contributed by atoms with Crippen LogP contribution in [0.2, 0.25) is 0 Å². The van der Waals surface area contributed by atoms with Crippen molar-refractivity contribution in [2.24, 2.45) is 0 Å². The van der Waals surface area contributed by atoms with Crippen molar-refractivity contribution < 1.29 is 9.53 Å². The lowest BCUT2D eigenvalue weighted by molar-refractivity contribution is 0.0133. The van der Waals surface area contributed by atoms with E-state index in [1.807, 2.05) is 40.1 Å². The van der Waals surface area contributed by atoms with Crippen molar-refractivity contribution in [3.8, 4) is 0 Å². The van der Waals surface area contributed by atoms with Crippen molar-refractivity contribution >= 4 is 6.09 Å². The molecule has 0 spiro atoms. The van der Waals surface area contributed by atoms with Gasteiger partial charge >= 0.3 is 6.09 Å². The predicted octanol–water partition coefficient (Wildman–Crippen LogP) is 3.41. The first-order valence-corrected chi connectivity index (χ1v) is 8.11. The smallest absolute Gasteiger partial charge is 0.410 e. The van der Waals surface area contributed by atoms with Crippen LogP contribution < -0.4 is 0 Å². The lowest BCUT2D eigenvalue weighted by Gasteiger charge is -2.39. The number of carbonyl (C=O) groups is 1. The second-order valence-corrected chi connectivity index (χ2v) is 7.16. The topological polar surface area (TPSA) is 48.6 Å². The van der Waals surface area contributed by atoms with E-state index in [0.717, 1.165) is 25.9 Å². The van der Waals surface area contributed by atoms with Crippen LogP contribution >= 0.6 is 0 Å². The van der Waals surface area contributed by atoms with Crippen molar-refractivity contribution in [2.75, 3.05) is 20.1 Å². The summed E-state index contributed by atoms with van der Waals surface area (Å²) >= 11 is 0. The number of ether oxygens (including phenoxy) is 1. The summed E-state index contributed by atoms with van der Waals surface area (Å²) in [4.78, 5) is 19.7. The highest BCUT2D eigenvalue weighted by Gasteiger charge is 2.30. The van der Waals surface area contributed by atoms with Gasteiger partial charge in [0.15, 0.2) is 0 Å². The van der Waals surface area contributed by atoms with Gasteiger partial charge in [-0.25, -0.2) is 4.79 Å². The summed E-state index contributed by atoms with van der Waals surface area (Å²) in [6.45, 7) is 9.93. The Balaban J connectivity index is 1.85. The van der Waals surface area contributed by atoms with E-state index in [0.29, 0.717) is 6.04 Å². The van der Waals surface area contributed by atoms with E-state index < -0.39 is 5.60 Å². The highest BCUT2D eigenvalue weighted by Crippen LogP contribution is 2.25. The number of H-pyrrole nitrogens is 1. The number of aromatic amines is 1. The monoisotopic (exact) mass is 307 g/mol. The van der Waals surface area contributed by atoms with Crippen molar-refractivity contribution in [1.29, 1.82) is 0 Å². The highest BCUT2D eigenvalue weighted by molar-refractivity contribution is 5.68. The molecule has 1 saturated heterocycles. The Bertz CT molecular complexity index is 471. The molecule has 0 aromatic carbocycles. The Kier molecular flexibility index (Phi) is 5.16. The minimum absolute atomic E-state index is 0.219. The zero-order valence-electron chi connectivity index (χ0n) is 14.4. The summed E-state index contributed by atoms with van der Waals surface area (Å²) in [5, 5.41) is 0. The Labute approximate surface area is 133 Å². The van der Waals surface area contributed by atoms with Crippen molar-refractivity contribution in [2.45, 2.75) is 58.2 Å². The Morgan fingerprint density at radius 3 is 2.55 bits per heavy atom. The number of carbonyl (C=O) groups excluding carboxylic acids is 1. The number of nitrogens with zero attached hydrogens (tertiary/aromatic N) is 2. The van der Waals surface area contributed by atoms with Crippen molar-refractivity contribution in [1.82, 2.24) is 14.8 Å². The Morgan fingerprint density at radius 1 is 1.41 bits per heavy atom. The van der Waals surface area contributed by atoms with Crippen LogP contribution in [0.4, 0.5) is 4.79 Å². The fourth-order valence-corrected chi connectivity index (χ4v) is 2.94. The molecule has 1 amide bonds. The standard InChI is InChI=1S/C17H29N3O2/c1-13(15-7-6-10-18-15)20-11-8-14(9-12-20)19(5)16(21)22-17(2,3)4/h6-7,10,13-14,18H,8-9,11-12H2,1-5H3/t13-/m0/s1. The molecule has 1 aliphatic rings. The zero-order chi connectivity index (χ0) is 16.3. The second-order valence-electron chi connectivity index (χ2n) is 7.16. The molecule has 0 radical (unpaired) electrons. The maximum absolute atomic E-state index is 12.1. The average molecular weight is 307 g/mol. The number of rotatable bonds is 3. The molecule has 5 nitrogen and oxygen atoms in total. The lowest BCUT2D eigenvalue weighted by Crippen LogP contribution is -2.47. The van der Waals surface area contributed by atoms with Gasteiger partial charge in [0.25, 0.3) is 0 Å². The van der Waals surface area contributed by atoms with Crippen LogP contribution in [0.25, 0.3) is 0 Å². The molecule has 0 saturated carbocycles. The van der Waals surface area contributed by atoms with Crippen LogP contribution in [0.15, 0.2) is 18.3 Å². The number of likely N-dealkylation sites (tertiary alicyclic amines) is 1. The largest absolute Gasteiger partial charge is 0.444 e. The molecular formula is C17H29N3O2. The van der Waals surface area contributed by atoms with Gasteiger partial charge in [0.05, 0.1) is 0 Å². The van der Waals surface area contributed by atoms with Gasteiger partial charge in [0.2, 0.25) is 0 Å². The molecule has 2 rings (SSSR count). The molecular weight excluding hydrogens is 278 g/mol. The average Bonchev–Trinajstić information content (AvgIpc) is 2.98. The van der Waals surface area contributed by atoms with Gasteiger partial charge in [-0.2, -0.15) is 0 Å². The fraction of sp³-hybridized carbons (Fsp3) is 0.706. The van der Waals surface area contributed by atoms with Crippen LogP contribution in [-0.4, -0.2) is 52.7 Å². The molecule has 124 valence electrons. The first kappa shape index (κ1) is 16.9. The summed E-state index contributed by atoms with van der Waals surface area (Å²) in [5.41, 5.74) is 0.813. The minimum Gasteiger partial charge on any atom is -0.444 e. The lowest BCUT2D eigenvalue weighted by atomic mass is 10.0. The highest BCUT2D eigenvalue weighted by atomic mass is 16.6. The minimum atomic E-state index is -0.436. The van der Waals surface area contributed by atoms with Crippen molar-refractivity contribution in [3.05, 3.63) is 24.0 Å². The molecule has 1 fully saturated rings. The normalized spacial score (nSPS) is 19.0. The van der Waals surface area contributed by atoms with Gasteiger partial charge in [0, 0.05) is 44.1 Å². The molecule has 0 unspecified atom stereocenters. The number of amides is 1. The Hall–Kier alpha value is -1.49. The molecule has 0 bridgehead atoms. The summed E-state index contributed by atoms with van der Waals surface area (Å²) in [6, 6.07) is 4.82. The van der Waals surface area contributed by atoms with E-state index in [1.54, 1.807) is 4.90 Å². The van der Waals surface area contributed by atoms with Crippen LogP contribution in [0.5, 0.6) is 0 Å². The van der Waals surface area contributed by atoms with E-state index in [2.05, 4.69) is 22.9 Å². The van der Waals surface area contributed by atoms with Crippen molar-refractivity contribution in [3.63, 3.8) is 0 Å². The molecule has 2 heterocycles. The third-order valence-corrected chi connectivity index (χ3v) is 4.35. The maximum atomic E-state index is 12.1. The third kappa shape index (κ3) is 4.26. The predicted molar refractivity (Wildman–Crippen MR) is 87.8 cm³/mol. The van der Waals surface area contributed by atoms with Crippen LogP contribution in [0.1, 0.15) is 52.3 Å². The van der Waals surface area contributed by atoms with Crippen LogP contribution in [-0.2, 0) is 4.74 Å². The first-order chi connectivity index (χ1) is 10.3. The van der Waals surface area contributed by atoms with Crippen LogP contribution in [0.3, 0.4) is 0 Å². The number of aromatic nitrogens is 1. The molecule has 0 aliphatic carbocycles. The molecule has 1 N–H and O–H groups in total. The molecule has 1 aromatic rings. The van der Waals surface area contributed by atoms with E-state index in [4.69, 9.17) is 4.74 Å². The molecule has 1 atom stereocenters. The SMILES string of the molecule is C[C@@H](c1ccc[nH]1)N1CCC(N(C)C(=O)OC(C)(C)C)CC1. The summed E-state index contributed by atoms with van der Waals surface area (Å²) < 4.78 is 5.45. The summed E-state index contributed by atoms with van der Waals surface area (Å²) in [5.74, 6) is 0. The zero-order valence-corrected chi connectivity index (χ0v) is 14.4. The van der Waals surface area contributed by atoms with Crippen LogP contribution in [0, 0.1) is 0 Å². The van der Waals surface area contributed by atoms with Gasteiger partial charge in [-0.3, -0.25) is 4.90 Å². The quantitative estimate of drug-likeness (QED) is 0.931. The number of piperidine rings is 1. The Morgan fingerprint density at radius 2 is 2.05 bits per heavy atom. The first-order valence-electron chi connectivity index (χ1n) is 8.11. The second kappa shape index (κ2) is 6.73. The number of hydrogen-bond donors (Lipinski definition) is 1. The molecule has 1 aliphatic heterocycles. The number of nitrogens with one attached hydrogen (secondary N) is 1. The molecule has 22 heavy (non-hydrogen) atoms. The van der Waals surface area contributed by atoms with E-state index in [1.165, 1.54) is 5.69 Å². The molecule has 1 aromatic heterocycles. The van der Waals surface area contributed by atoms with E-state index in [9.17, 15) is 4.79 Å². The molecule has 5 heteroatoms. The summed E-state index contributed by atoms with van der Waals surface area (Å²) in [6.07, 6.45) is 3.72. The fourth-order valence-electron chi connectivity index (χ4n) is 2.94. The van der Waals surface area contributed by atoms with Gasteiger partial charge in [-0.05, 0) is 52.7 Å². The van der Waals surface area contributed by atoms with Gasteiger partial charge < -0.3 is 14.6 Å². The van der Waals surface area contributed by atoms with Gasteiger partial charge in [0.1, 0.15) is 5.60 Å².